The van der Waals surface area contributed by atoms with Crippen molar-refractivity contribution in [1.82, 2.24) is 9.97 Å². The van der Waals surface area contributed by atoms with Crippen LogP contribution >= 0.6 is 0 Å². The molecule has 3 rings (SSSR count). The molecule has 0 spiro atoms. The second-order valence-corrected chi connectivity index (χ2v) is 5.27. The summed E-state index contributed by atoms with van der Waals surface area (Å²) in [4.78, 5) is 11.2. The van der Waals surface area contributed by atoms with Crippen molar-refractivity contribution in [2.45, 2.75) is 6.54 Å². The molecule has 0 radical (unpaired) electrons. The Morgan fingerprint density at radius 2 is 1.61 bits per heavy atom. The first kappa shape index (κ1) is 15.0. The van der Waals surface area contributed by atoms with Gasteiger partial charge in [-0.25, -0.2) is 4.98 Å². The number of benzene rings is 2. The van der Waals surface area contributed by atoms with Gasteiger partial charge in [-0.05, 0) is 17.7 Å². The average Bonchev–Trinajstić information content (AvgIpc) is 2.62. The van der Waals surface area contributed by atoms with Crippen LogP contribution in [0.3, 0.4) is 0 Å². The van der Waals surface area contributed by atoms with Crippen LogP contribution in [0.2, 0.25) is 0 Å². The third kappa shape index (κ3) is 3.31. The topological polar surface area (TPSA) is 38.3 Å². The molecule has 0 unspecified atom stereocenters. The molecule has 0 aliphatic carbocycles. The summed E-state index contributed by atoms with van der Waals surface area (Å²) >= 11 is 0. The lowest BCUT2D eigenvalue weighted by molar-refractivity contribution is 0.416. The van der Waals surface area contributed by atoms with E-state index in [1.165, 1.54) is 5.56 Å². The van der Waals surface area contributed by atoms with Gasteiger partial charge >= 0.3 is 0 Å². The van der Waals surface area contributed by atoms with Gasteiger partial charge in [-0.1, -0.05) is 42.5 Å². The molecule has 3 aromatic rings. The summed E-state index contributed by atoms with van der Waals surface area (Å²) in [6.45, 7) is 0.766. The number of nitrogens with zero attached hydrogens (tertiary/aromatic N) is 3. The summed E-state index contributed by atoms with van der Waals surface area (Å²) in [6, 6.07) is 18.2. The normalized spacial score (nSPS) is 10.3. The van der Waals surface area contributed by atoms with E-state index in [4.69, 9.17) is 4.74 Å². The maximum absolute atomic E-state index is 5.47. The minimum Gasteiger partial charge on any atom is -0.496 e. The average molecular weight is 305 g/mol. The van der Waals surface area contributed by atoms with Gasteiger partial charge in [-0.3, -0.25) is 4.98 Å². The number of hydrogen-bond acceptors (Lipinski definition) is 4. The highest BCUT2D eigenvalue weighted by molar-refractivity contribution is 5.76. The van der Waals surface area contributed by atoms with E-state index in [-0.39, 0.29) is 0 Å². The summed E-state index contributed by atoms with van der Waals surface area (Å²) in [5.41, 5.74) is 2.99. The zero-order valence-electron chi connectivity index (χ0n) is 13.3. The fraction of sp³-hybridized carbons (Fsp3) is 0.158. The fourth-order valence-electron chi connectivity index (χ4n) is 2.57. The summed E-state index contributed by atoms with van der Waals surface area (Å²) in [5, 5.41) is 0. The molecular weight excluding hydrogens is 286 g/mol. The van der Waals surface area contributed by atoms with Crippen molar-refractivity contribution in [1.29, 1.82) is 0 Å². The van der Waals surface area contributed by atoms with Crippen molar-refractivity contribution >= 4 is 5.82 Å². The number of hydrogen-bond donors (Lipinski definition) is 0. The van der Waals surface area contributed by atoms with E-state index in [2.05, 4.69) is 27.0 Å². The lowest BCUT2D eigenvalue weighted by Crippen LogP contribution is -2.19. The van der Waals surface area contributed by atoms with Crippen molar-refractivity contribution in [3.63, 3.8) is 0 Å². The highest BCUT2D eigenvalue weighted by Gasteiger charge is 2.15. The Morgan fingerprint density at radius 1 is 0.913 bits per heavy atom. The van der Waals surface area contributed by atoms with Gasteiger partial charge in [-0.15, -0.1) is 0 Å². The van der Waals surface area contributed by atoms with Gasteiger partial charge in [0.1, 0.15) is 11.4 Å². The van der Waals surface area contributed by atoms with E-state index in [1.54, 1.807) is 19.5 Å². The highest BCUT2D eigenvalue weighted by Crippen LogP contribution is 2.33. The number of methoxy groups -OCH3 is 1. The molecule has 4 heteroatoms. The van der Waals surface area contributed by atoms with E-state index in [1.807, 2.05) is 49.5 Å². The first-order chi connectivity index (χ1) is 11.3. The Kier molecular flexibility index (Phi) is 4.52. The molecule has 116 valence electrons. The third-order valence-electron chi connectivity index (χ3n) is 3.67. The summed E-state index contributed by atoms with van der Waals surface area (Å²) in [7, 11) is 3.69. The molecule has 0 aliphatic rings. The van der Waals surface area contributed by atoms with E-state index < -0.39 is 0 Å². The Hall–Kier alpha value is -2.88. The molecule has 4 nitrogen and oxygen atoms in total. The van der Waals surface area contributed by atoms with Crippen molar-refractivity contribution in [3.05, 3.63) is 72.6 Å². The van der Waals surface area contributed by atoms with E-state index >= 15 is 0 Å². The van der Waals surface area contributed by atoms with E-state index in [0.29, 0.717) is 0 Å². The zero-order valence-corrected chi connectivity index (χ0v) is 13.3. The number of rotatable bonds is 5. The van der Waals surface area contributed by atoms with Gasteiger partial charge < -0.3 is 9.64 Å². The van der Waals surface area contributed by atoms with Gasteiger partial charge in [0.2, 0.25) is 0 Å². The smallest absolute Gasteiger partial charge is 0.155 e. The van der Waals surface area contributed by atoms with Crippen LogP contribution in [0.4, 0.5) is 5.82 Å². The van der Waals surface area contributed by atoms with Crippen LogP contribution in [0, 0.1) is 0 Å². The monoisotopic (exact) mass is 305 g/mol. The molecule has 23 heavy (non-hydrogen) atoms. The standard InChI is InChI=1S/C19H19N3O/c1-22(14-15-8-4-3-5-9-15)19-18(20-12-13-21-19)16-10-6-7-11-17(16)23-2/h3-13H,14H2,1-2H3. The lowest BCUT2D eigenvalue weighted by atomic mass is 10.1. The van der Waals surface area contributed by atoms with Crippen LogP contribution in [0.1, 0.15) is 5.56 Å². The van der Waals surface area contributed by atoms with Crippen LogP contribution in [-0.4, -0.2) is 24.1 Å². The van der Waals surface area contributed by atoms with Crippen molar-refractivity contribution < 1.29 is 4.74 Å². The van der Waals surface area contributed by atoms with E-state index in [9.17, 15) is 0 Å². The predicted molar refractivity (Wildman–Crippen MR) is 92.6 cm³/mol. The maximum atomic E-state index is 5.47. The molecular formula is C19H19N3O. The van der Waals surface area contributed by atoms with Gasteiger partial charge in [0, 0.05) is 31.5 Å². The summed E-state index contributed by atoms with van der Waals surface area (Å²) in [5.74, 6) is 1.63. The third-order valence-corrected chi connectivity index (χ3v) is 3.67. The Morgan fingerprint density at radius 3 is 2.39 bits per heavy atom. The first-order valence-corrected chi connectivity index (χ1v) is 7.49. The molecule has 0 fully saturated rings. The van der Waals surface area contributed by atoms with E-state index in [0.717, 1.165) is 29.4 Å². The van der Waals surface area contributed by atoms with Gasteiger partial charge in [0.15, 0.2) is 5.82 Å². The minimum absolute atomic E-state index is 0.766. The van der Waals surface area contributed by atoms with Gasteiger partial charge in [0.25, 0.3) is 0 Å². The van der Waals surface area contributed by atoms with Crippen molar-refractivity contribution in [2.24, 2.45) is 0 Å². The van der Waals surface area contributed by atoms with Crippen LogP contribution in [0.15, 0.2) is 67.0 Å². The Bertz CT molecular complexity index is 774. The van der Waals surface area contributed by atoms with Crippen LogP contribution in [0.5, 0.6) is 5.75 Å². The number of para-hydroxylation sites is 1. The summed E-state index contributed by atoms with van der Waals surface area (Å²) in [6.07, 6.45) is 3.43. The highest BCUT2D eigenvalue weighted by atomic mass is 16.5. The molecule has 0 saturated carbocycles. The molecule has 1 heterocycles. The Labute approximate surface area is 136 Å². The molecule has 0 atom stereocenters. The SMILES string of the molecule is COc1ccccc1-c1nccnc1N(C)Cc1ccccc1. The second-order valence-electron chi connectivity index (χ2n) is 5.27. The molecule has 0 saturated heterocycles. The van der Waals surface area contributed by atoms with Crippen molar-refractivity contribution in [2.75, 3.05) is 19.1 Å². The van der Waals surface area contributed by atoms with Gasteiger partial charge in [-0.2, -0.15) is 0 Å². The summed E-state index contributed by atoms with van der Waals surface area (Å²) < 4.78 is 5.47. The molecule has 0 bridgehead atoms. The molecule has 0 aliphatic heterocycles. The second kappa shape index (κ2) is 6.92. The van der Waals surface area contributed by atoms with Crippen LogP contribution in [-0.2, 0) is 6.54 Å². The molecule has 1 aromatic heterocycles. The van der Waals surface area contributed by atoms with Crippen LogP contribution < -0.4 is 9.64 Å². The predicted octanol–water partition coefficient (Wildman–Crippen LogP) is 3.79. The molecule has 0 amide bonds. The minimum atomic E-state index is 0.766. The van der Waals surface area contributed by atoms with Gasteiger partial charge in [0.05, 0.1) is 7.11 Å². The number of anilines is 1. The molecule has 2 aromatic carbocycles. The Balaban J connectivity index is 1.98. The number of ether oxygens (including phenoxy) is 1. The maximum Gasteiger partial charge on any atom is 0.155 e. The molecule has 0 N–H and O–H groups in total. The fourth-order valence-corrected chi connectivity index (χ4v) is 2.57. The van der Waals surface area contributed by atoms with Crippen LogP contribution in [0.25, 0.3) is 11.3 Å². The largest absolute Gasteiger partial charge is 0.496 e. The quantitative estimate of drug-likeness (QED) is 0.719. The zero-order chi connectivity index (χ0) is 16.1. The lowest BCUT2D eigenvalue weighted by Gasteiger charge is -2.21. The number of aromatic nitrogens is 2. The van der Waals surface area contributed by atoms with Crippen molar-refractivity contribution in [3.8, 4) is 17.0 Å². The first-order valence-electron chi connectivity index (χ1n) is 7.49.